The van der Waals surface area contributed by atoms with Gasteiger partial charge in [-0.3, -0.25) is 4.90 Å². The summed E-state index contributed by atoms with van der Waals surface area (Å²) >= 11 is 0. The summed E-state index contributed by atoms with van der Waals surface area (Å²) < 4.78 is 5.28. The Morgan fingerprint density at radius 1 is 1.28 bits per heavy atom. The van der Waals surface area contributed by atoms with E-state index in [1.807, 2.05) is 0 Å². The molecule has 0 aromatic heterocycles. The molecule has 0 spiro atoms. The third-order valence-corrected chi connectivity index (χ3v) is 2.95. The summed E-state index contributed by atoms with van der Waals surface area (Å²) in [5.74, 6) is 0. The van der Waals surface area contributed by atoms with Gasteiger partial charge in [0, 0.05) is 44.0 Å². The molecule has 18 heavy (non-hydrogen) atoms. The largest absolute Gasteiger partial charge is 0.384 e. The Kier molecular flexibility index (Phi) is 4.49. The molecule has 0 bridgehead atoms. The third kappa shape index (κ3) is 3.68. The first-order chi connectivity index (χ1) is 8.75. The molecule has 2 N–H and O–H groups in total. The van der Waals surface area contributed by atoms with Crippen LogP contribution in [0, 0.1) is 4.91 Å². The highest BCUT2D eigenvalue weighted by Crippen LogP contribution is 2.14. The van der Waals surface area contributed by atoms with Crippen LogP contribution in [0.3, 0.4) is 0 Å². The first kappa shape index (κ1) is 12.8. The summed E-state index contributed by atoms with van der Waals surface area (Å²) in [6, 6.07) is 6.69. The molecule has 1 aromatic carbocycles. The lowest BCUT2D eigenvalue weighted by Gasteiger charge is -2.26. The highest BCUT2D eigenvalue weighted by molar-refractivity contribution is 5.48. The fourth-order valence-electron chi connectivity index (χ4n) is 1.89. The van der Waals surface area contributed by atoms with Crippen molar-refractivity contribution in [2.45, 2.75) is 0 Å². The van der Waals surface area contributed by atoms with E-state index in [-0.39, 0.29) is 10.6 Å². The van der Waals surface area contributed by atoms with Crippen molar-refractivity contribution in [3.8, 4) is 0 Å². The molecule has 0 aliphatic carbocycles. The van der Waals surface area contributed by atoms with E-state index in [1.54, 1.807) is 24.3 Å². The maximum Gasteiger partial charge on any atom is 0.316 e. The molecule has 1 saturated heterocycles. The van der Waals surface area contributed by atoms with Crippen molar-refractivity contribution in [3.05, 3.63) is 29.2 Å². The summed E-state index contributed by atoms with van der Waals surface area (Å²) in [4.78, 5) is 12.8. The standard InChI is InChI=1S/C12H18N3O3/c16-15(17)12-3-1-11(2-4-12)13-5-6-14-7-9-18-10-8-14/h1-4,13H,5-10H2,(H,16,17)/q+1. The first-order valence-electron chi connectivity index (χ1n) is 6.06. The molecule has 6 nitrogen and oxygen atoms in total. The van der Waals surface area contributed by atoms with Crippen LogP contribution in [0.5, 0.6) is 0 Å². The Balaban J connectivity index is 1.74. The Morgan fingerprint density at radius 2 is 1.94 bits per heavy atom. The number of benzene rings is 1. The van der Waals surface area contributed by atoms with Crippen molar-refractivity contribution < 1.29 is 14.9 Å². The highest BCUT2D eigenvalue weighted by Gasteiger charge is 2.11. The molecule has 0 radical (unpaired) electrons. The zero-order valence-corrected chi connectivity index (χ0v) is 10.2. The van der Waals surface area contributed by atoms with Gasteiger partial charge < -0.3 is 10.1 Å². The zero-order valence-electron chi connectivity index (χ0n) is 10.2. The predicted molar refractivity (Wildman–Crippen MR) is 67.3 cm³/mol. The van der Waals surface area contributed by atoms with Crippen LogP contribution in [-0.4, -0.2) is 54.4 Å². The normalized spacial score (nSPS) is 16.4. The average Bonchev–Trinajstić information content (AvgIpc) is 2.40. The summed E-state index contributed by atoms with van der Waals surface area (Å²) in [6.45, 7) is 5.40. The van der Waals surface area contributed by atoms with Crippen LogP contribution in [0.2, 0.25) is 0 Å². The average molecular weight is 252 g/mol. The van der Waals surface area contributed by atoms with Gasteiger partial charge in [0.1, 0.15) is 0 Å². The van der Waals surface area contributed by atoms with Crippen LogP contribution in [0.25, 0.3) is 0 Å². The molecule has 1 heterocycles. The van der Waals surface area contributed by atoms with Crippen LogP contribution in [0.4, 0.5) is 11.4 Å². The van der Waals surface area contributed by atoms with E-state index in [1.165, 1.54) is 0 Å². The van der Waals surface area contributed by atoms with Crippen LogP contribution in [0.15, 0.2) is 24.3 Å². The molecule has 0 unspecified atom stereocenters. The summed E-state index contributed by atoms with van der Waals surface area (Å²) in [6.07, 6.45) is 0. The number of hydrogen-bond donors (Lipinski definition) is 2. The molecule has 2 rings (SSSR count). The number of nitrogens with one attached hydrogen (secondary N) is 1. The molecular weight excluding hydrogens is 234 g/mol. The van der Waals surface area contributed by atoms with E-state index in [0.29, 0.717) is 0 Å². The quantitative estimate of drug-likeness (QED) is 0.772. The molecule has 0 amide bonds. The van der Waals surface area contributed by atoms with E-state index >= 15 is 0 Å². The van der Waals surface area contributed by atoms with E-state index in [0.717, 1.165) is 45.1 Å². The van der Waals surface area contributed by atoms with Gasteiger partial charge in [0.15, 0.2) is 0 Å². The molecule has 6 heteroatoms. The van der Waals surface area contributed by atoms with Gasteiger partial charge in [-0.15, -0.1) is 0 Å². The predicted octanol–water partition coefficient (Wildman–Crippen LogP) is 1.23. The summed E-state index contributed by atoms with van der Waals surface area (Å²) in [5, 5.41) is 12.0. The molecule has 1 aliphatic heterocycles. The van der Waals surface area contributed by atoms with E-state index in [4.69, 9.17) is 9.94 Å². The molecular formula is C12H18N3O3+. The molecule has 1 aromatic rings. The second-order valence-electron chi connectivity index (χ2n) is 4.20. The van der Waals surface area contributed by atoms with Gasteiger partial charge in [-0.1, -0.05) is 0 Å². The lowest BCUT2D eigenvalue weighted by molar-refractivity contribution is -0.729. The lowest BCUT2D eigenvalue weighted by Crippen LogP contribution is -2.38. The Labute approximate surface area is 106 Å². The zero-order chi connectivity index (χ0) is 12.8. The Bertz CT molecular complexity index is 388. The fourth-order valence-corrected chi connectivity index (χ4v) is 1.89. The van der Waals surface area contributed by atoms with Crippen molar-refractivity contribution in [3.63, 3.8) is 0 Å². The number of morpholine rings is 1. The van der Waals surface area contributed by atoms with Crippen molar-refractivity contribution >= 4 is 11.4 Å². The first-order valence-corrected chi connectivity index (χ1v) is 6.06. The number of anilines is 1. The van der Waals surface area contributed by atoms with Gasteiger partial charge in [0.05, 0.1) is 18.1 Å². The minimum absolute atomic E-state index is 0.141. The Morgan fingerprint density at radius 3 is 2.56 bits per heavy atom. The molecule has 98 valence electrons. The van der Waals surface area contributed by atoms with Gasteiger partial charge in [0.25, 0.3) is 4.92 Å². The van der Waals surface area contributed by atoms with Gasteiger partial charge in [-0.2, -0.15) is 0 Å². The van der Waals surface area contributed by atoms with Gasteiger partial charge >= 0.3 is 5.69 Å². The van der Waals surface area contributed by atoms with Crippen LogP contribution >= 0.6 is 0 Å². The molecule has 0 atom stereocenters. The summed E-state index contributed by atoms with van der Waals surface area (Å²) in [7, 11) is 0. The van der Waals surface area contributed by atoms with Crippen molar-refractivity contribution in [2.24, 2.45) is 0 Å². The van der Waals surface area contributed by atoms with E-state index < -0.39 is 0 Å². The maximum atomic E-state index is 10.6. The SMILES string of the molecule is O=[N+](O)c1ccc(NCCN2CCOCC2)cc1. The molecule has 0 saturated carbocycles. The van der Waals surface area contributed by atoms with Crippen molar-refractivity contribution in [1.82, 2.24) is 4.90 Å². The second-order valence-corrected chi connectivity index (χ2v) is 4.20. The fraction of sp³-hybridized carbons (Fsp3) is 0.500. The molecule has 1 fully saturated rings. The highest BCUT2D eigenvalue weighted by atomic mass is 16.6. The minimum Gasteiger partial charge on any atom is -0.384 e. The van der Waals surface area contributed by atoms with Gasteiger partial charge in [0.2, 0.25) is 0 Å². The van der Waals surface area contributed by atoms with Gasteiger partial charge in [-0.25, -0.2) is 5.21 Å². The maximum absolute atomic E-state index is 10.6. The minimum atomic E-state index is -0.141. The third-order valence-electron chi connectivity index (χ3n) is 2.95. The van der Waals surface area contributed by atoms with E-state index in [9.17, 15) is 4.91 Å². The smallest absolute Gasteiger partial charge is 0.316 e. The van der Waals surface area contributed by atoms with Crippen LogP contribution in [-0.2, 0) is 4.74 Å². The number of hydrogen-bond acceptors (Lipinski definition) is 4. The number of nitrogens with zero attached hydrogens (tertiary/aromatic N) is 2. The van der Waals surface area contributed by atoms with Crippen molar-refractivity contribution in [1.29, 1.82) is 0 Å². The Hall–Kier alpha value is -1.66. The van der Waals surface area contributed by atoms with Crippen molar-refractivity contribution in [2.75, 3.05) is 44.7 Å². The monoisotopic (exact) mass is 252 g/mol. The number of ether oxygens (including phenoxy) is 1. The molecule has 1 aliphatic rings. The van der Waals surface area contributed by atoms with Crippen LogP contribution < -0.4 is 5.32 Å². The van der Waals surface area contributed by atoms with Crippen LogP contribution in [0.1, 0.15) is 0 Å². The summed E-state index contributed by atoms with van der Waals surface area (Å²) in [5.41, 5.74) is 1.17. The number of rotatable bonds is 5. The van der Waals surface area contributed by atoms with E-state index in [2.05, 4.69) is 10.2 Å². The topological polar surface area (TPSA) is 64.8 Å². The van der Waals surface area contributed by atoms with Gasteiger partial charge in [-0.05, 0) is 12.1 Å². The second kappa shape index (κ2) is 6.32. The lowest BCUT2D eigenvalue weighted by atomic mass is 10.3.